The molecule has 0 aromatic carbocycles. The van der Waals surface area contributed by atoms with Gasteiger partial charge in [0.1, 0.15) is 0 Å². The molecule has 1 spiro atoms. The number of guanidine groups is 1. The van der Waals surface area contributed by atoms with E-state index in [1.54, 1.807) is 14.0 Å². The highest BCUT2D eigenvalue weighted by molar-refractivity contribution is 5.81. The Bertz CT molecular complexity index is 584. The molecular formula is C14H22N6O2. The predicted octanol–water partition coefficient (Wildman–Crippen LogP) is 0.0555. The lowest BCUT2D eigenvalue weighted by Crippen LogP contribution is -2.51. The number of aromatic nitrogens is 2. The largest absolute Gasteiger partial charge is 0.355 e. The van der Waals surface area contributed by atoms with Crippen molar-refractivity contribution in [2.75, 3.05) is 26.7 Å². The van der Waals surface area contributed by atoms with Crippen LogP contribution in [0.1, 0.15) is 31.0 Å². The minimum Gasteiger partial charge on any atom is -0.355 e. The van der Waals surface area contributed by atoms with Crippen LogP contribution in [0.4, 0.5) is 0 Å². The van der Waals surface area contributed by atoms with Crippen LogP contribution in [0.3, 0.4) is 0 Å². The van der Waals surface area contributed by atoms with E-state index in [1.165, 1.54) is 0 Å². The molecule has 0 saturated carbocycles. The summed E-state index contributed by atoms with van der Waals surface area (Å²) in [7, 11) is 1.77. The summed E-state index contributed by atoms with van der Waals surface area (Å²) in [6.45, 7) is 4.80. The predicted molar refractivity (Wildman–Crippen MR) is 80.1 cm³/mol. The van der Waals surface area contributed by atoms with E-state index in [-0.39, 0.29) is 11.3 Å². The van der Waals surface area contributed by atoms with E-state index in [0.29, 0.717) is 24.7 Å². The maximum Gasteiger partial charge on any atom is 0.223 e. The van der Waals surface area contributed by atoms with Crippen LogP contribution in [0.25, 0.3) is 0 Å². The maximum absolute atomic E-state index is 11.6. The molecule has 1 atom stereocenters. The summed E-state index contributed by atoms with van der Waals surface area (Å²) >= 11 is 0. The standard InChI is InChI=1S/C14H22N6O2/c1-10-18-11(19-22-10)7-16-13(15-2)20-5-3-4-14(9-20)6-12(21)17-8-14/h3-9H2,1-2H3,(H,15,16)(H,17,21). The van der Waals surface area contributed by atoms with Crippen LogP contribution in [0.15, 0.2) is 9.52 Å². The number of amides is 1. The van der Waals surface area contributed by atoms with Crippen LogP contribution in [0, 0.1) is 12.3 Å². The van der Waals surface area contributed by atoms with E-state index in [2.05, 4.69) is 30.7 Å². The molecule has 1 amide bonds. The van der Waals surface area contributed by atoms with E-state index in [9.17, 15) is 4.79 Å². The zero-order chi connectivity index (χ0) is 15.6. The third-order valence-electron chi connectivity index (χ3n) is 4.34. The second kappa shape index (κ2) is 5.94. The van der Waals surface area contributed by atoms with Crippen LogP contribution in [0.5, 0.6) is 0 Å². The third kappa shape index (κ3) is 3.05. The second-order valence-corrected chi connectivity index (χ2v) is 6.11. The minimum atomic E-state index is 0.0513. The van der Waals surface area contributed by atoms with Gasteiger partial charge in [-0.25, -0.2) is 0 Å². The molecule has 0 radical (unpaired) electrons. The molecule has 3 rings (SSSR count). The van der Waals surface area contributed by atoms with E-state index < -0.39 is 0 Å². The first-order valence-corrected chi connectivity index (χ1v) is 7.62. The van der Waals surface area contributed by atoms with Gasteiger partial charge in [0.2, 0.25) is 11.8 Å². The van der Waals surface area contributed by atoms with Gasteiger partial charge in [-0.1, -0.05) is 5.16 Å². The van der Waals surface area contributed by atoms with Crippen molar-refractivity contribution >= 4 is 11.9 Å². The number of hydrogen-bond donors (Lipinski definition) is 2. The average molecular weight is 306 g/mol. The molecule has 8 nitrogen and oxygen atoms in total. The fourth-order valence-corrected chi connectivity index (χ4v) is 3.33. The summed E-state index contributed by atoms with van der Waals surface area (Å²) in [5.41, 5.74) is 0.0513. The fourth-order valence-electron chi connectivity index (χ4n) is 3.33. The Kier molecular flexibility index (Phi) is 4.00. The smallest absolute Gasteiger partial charge is 0.223 e. The SMILES string of the molecule is CN=C(NCc1noc(C)n1)N1CCCC2(CNC(=O)C2)C1. The van der Waals surface area contributed by atoms with E-state index in [0.717, 1.165) is 38.4 Å². The number of nitrogens with one attached hydrogen (secondary N) is 2. The molecule has 0 aliphatic carbocycles. The molecule has 2 fully saturated rings. The van der Waals surface area contributed by atoms with Crippen molar-refractivity contribution in [3.05, 3.63) is 11.7 Å². The van der Waals surface area contributed by atoms with Gasteiger partial charge in [0, 0.05) is 45.4 Å². The van der Waals surface area contributed by atoms with Crippen LogP contribution in [-0.4, -0.2) is 53.6 Å². The lowest BCUT2D eigenvalue weighted by molar-refractivity contribution is -0.119. The van der Waals surface area contributed by atoms with Crippen LogP contribution in [-0.2, 0) is 11.3 Å². The number of piperidine rings is 1. The van der Waals surface area contributed by atoms with Crippen molar-refractivity contribution < 1.29 is 9.32 Å². The van der Waals surface area contributed by atoms with Crippen LogP contribution < -0.4 is 10.6 Å². The molecule has 1 unspecified atom stereocenters. The third-order valence-corrected chi connectivity index (χ3v) is 4.34. The Balaban J connectivity index is 1.62. The minimum absolute atomic E-state index is 0.0513. The van der Waals surface area contributed by atoms with Gasteiger partial charge in [-0.15, -0.1) is 0 Å². The molecule has 1 aromatic rings. The first-order valence-electron chi connectivity index (χ1n) is 7.62. The second-order valence-electron chi connectivity index (χ2n) is 6.11. The molecule has 1 aromatic heterocycles. The van der Waals surface area contributed by atoms with Crippen molar-refractivity contribution in [1.29, 1.82) is 0 Å². The molecule has 0 bridgehead atoms. The van der Waals surface area contributed by atoms with Crippen molar-refractivity contribution in [1.82, 2.24) is 25.7 Å². The van der Waals surface area contributed by atoms with E-state index in [4.69, 9.17) is 4.52 Å². The van der Waals surface area contributed by atoms with Crippen molar-refractivity contribution in [2.45, 2.75) is 32.7 Å². The molecule has 8 heteroatoms. The van der Waals surface area contributed by atoms with Gasteiger partial charge >= 0.3 is 0 Å². The number of aryl methyl sites for hydroxylation is 1. The van der Waals surface area contributed by atoms with Gasteiger partial charge < -0.3 is 20.1 Å². The van der Waals surface area contributed by atoms with E-state index >= 15 is 0 Å². The number of carbonyl (C=O) groups is 1. The molecular weight excluding hydrogens is 284 g/mol. The summed E-state index contributed by atoms with van der Waals surface area (Å²) in [5, 5.41) is 10.1. The number of likely N-dealkylation sites (tertiary alicyclic amines) is 1. The first-order chi connectivity index (χ1) is 10.6. The highest BCUT2D eigenvalue weighted by Gasteiger charge is 2.42. The molecule has 120 valence electrons. The normalized spacial score (nSPS) is 25.6. The van der Waals surface area contributed by atoms with Crippen LogP contribution >= 0.6 is 0 Å². The van der Waals surface area contributed by atoms with E-state index in [1.807, 2.05) is 0 Å². The Labute approximate surface area is 129 Å². The van der Waals surface area contributed by atoms with Crippen LogP contribution in [0.2, 0.25) is 0 Å². The van der Waals surface area contributed by atoms with Gasteiger partial charge in [-0.2, -0.15) is 4.98 Å². The summed E-state index contributed by atoms with van der Waals surface area (Å²) < 4.78 is 4.96. The Morgan fingerprint density at radius 2 is 2.45 bits per heavy atom. The average Bonchev–Trinajstić information content (AvgIpc) is 3.06. The topological polar surface area (TPSA) is 95.7 Å². The first kappa shape index (κ1) is 14.8. The van der Waals surface area contributed by atoms with Gasteiger partial charge in [-0.3, -0.25) is 9.79 Å². The zero-order valence-electron chi connectivity index (χ0n) is 13.1. The van der Waals surface area contributed by atoms with Crippen molar-refractivity contribution in [3.63, 3.8) is 0 Å². The maximum atomic E-state index is 11.6. The fraction of sp³-hybridized carbons (Fsp3) is 0.714. The van der Waals surface area contributed by atoms with Crippen molar-refractivity contribution in [3.8, 4) is 0 Å². The molecule has 22 heavy (non-hydrogen) atoms. The molecule has 2 N–H and O–H groups in total. The number of hydrogen-bond acceptors (Lipinski definition) is 5. The number of rotatable bonds is 2. The summed E-state index contributed by atoms with van der Waals surface area (Å²) in [5.74, 6) is 2.15. The number of nitrogens with zero attached hydrogens (tertiary/aromatic N) is 4. The molecule has 2 aliphatic rings. The Hall–Kier alpha value is -2.12. The van der Waals surface area contributed by atoms with Crippen molar-refractivity contribution in [2.24, 2.45) is 10.4 Å². The molecule has 2 saturated heterocycles. The Morgan fingerprint density at radius 3 is 3.09 bits per heavy atom. The highest BCUT2D eigenvalue weighted by atomic mass is 16.5. The summed E-state index contributed by atoms with van der Waals surface area (Å²) in [4.78, 5) is 22.3. The van der Waals surface area contributed by atoms with Gasteiger partial charge in [-0.05, 0) is 12.8 Å². The van der Waals surface area contributed by atoms with Gasteiger partial charge in [0.15, 0.2) is 11.8 Å². The number of aliphatic imine (C=N–C) groups is 1. The number of carbonyl (C=O) groups excluding carboxylic acids is 1. The molecule has 2 aliphatic heterocycles. The quantitative estimate of drug-likeness (QED) is 0.592. The van der Waals surface area contributed by atoms with Gasteiger partial charge in [0.25, 0.3) is 0 Å². The highest BCUT2D eigenvalue weighted by Crippen LogP contribution is 2.35. The molecule has 3 heterocycles. The van der Waals surface area contributed by atoms with Gasteiger partial charge in [0.05, 0.1) is 6.54 Å². The lowest BCUT2D eigenvalue weighted by atomic mass is 9.79. The monoisotopic (exact) mass is 306 g/mol. The summed E-state index contributed by atoms with van der Waals surface area (Å²) in [6, 6.07) is 0. The Morgan fingerprint density at radius 1 is 1.59 bits per heavy atom. The zero-order valence-corrected chi connectivity index (χ0v) is 13.1. The lowest BCUT2D eigenvalue weighted by Gasteiger charge is -2.40. The summed E-state index contributed by atoms with van der Waals surface area (Å²) in [6.07, 6.45) is 2.77.